The number of nitrogens with one attached hydrogen (secondary N) is 1. The zero-order valence-electron chi connectivity index (χ0n) is 9.32. The number of H-pyrrole nitrogens is 1. The molecular weight excluding hydrogens is 242 g/mol. The van der Waals surface area contributed by atoms with Crippen molar-refractivity contribution in [1.29, 1.82) is 0 Å². The predicted molar refractivity (Wildman–Crippen MR) is 58.4 cm³/mol. The van der Waals surface area contributed by atoms with Gasteiger partial charge in [-0.3, -0.25) is 14.3 Å². The Morgan fingerprint density at radius 1 is 1.50 bits per heavy atom. The van der Waals surface area contributed by atoms with Gasteiger partial charge in [-0.1, -0.05) is 0 Å². The second-order valence-electron chi connectivity index (χ2n) is 3.59. The number of aromatic amines is 1. The summed E-state index contributed by atoms with van der Waals surface area (Å²) in [5.74, 6) is -0.941. The monoisotopic (exact) mass is 251 g/mol. The summed E-state index contributed by atoms with van der Waals surface area (Å²) in [6, 6.07) is 0. The molecule has 9 heteroatoms. The lowest BCUT2D eigenvalue weighted by atomic mass is 10.3. The highest BCUT2D eigenvalue weighted by Crippen LogP contribution is 1.95. The summed E-state index contributed by atoms with van der Waals surface area (Å²) in [7, 11) is 1.68. The molecule has 0 unspecified atom stereocenters. The van der Waals surface area contributed by atoms with Gasteiger partial charge in [0.05, 0.1) is 6.54 Å². The zero-order chi connectivity index (χ0) is 13.3. The van der Waals surface area contributed by atoms with E-state index in [1.165, 1.54) is 6.33 Å². The predicted octanol–water partition coefficient (Wildman–Crippen LogP) is -1.59. The van der Waals surface area contributed by atoms with Gasteiger partial charge in [-0.15, -0.1) is 10.2 Å². The number of aromatic carboxylic acids is 1. The van der Waals surface area contributed by atoms with Crippen LogP contribution in [-0.4, -0.2) is 35.4 Å². The van der Waals surface area contributed by atoms with E-state index >= 15 is 0 Å². The van der Waals surface area contributed by atoms with Gasteiger partial charge >= 0.3 is 11.7 Å². The van der Waals surface area contributed by atoms with Gasteiger partial charge in [0.2, 0.25) is 0 Å². The van der Waals surface area contributed by atoms with Gasteiger partial charge in [0.25, 0.3) is 5.56 Å². The number of carbonyl (C=O) groups is 1. The fraction of sp³-hybridized carbons (Fsp3) is 0.222. The van der Waals surface area contributed by atoms with Crippen LogP contribution >= 0.6 is 0 Å². The van der Waals surface area contributed by atoms with Crippen LogP contribution < -0.4 is 11.2 Å². The molecule has 0 aliphatic carbocycles. The molecule has 0 aliphatic rings. The Morgan fingerprint density at radius 2 is 2.22 bits per heavy atom. The summed E-state index contributed by atoms with van der Waals surface area (Å²) in [6.45, 7) is 0.0202. The smallest absolute Gasteiger partial charge is 0.342 e. The summed E-state index contributed by atoms with van der Waals surface area (Å²) in [6.07, 6.45) is 2.43. The van der Waals surface area contributed by atoms with Crippen molar-refractivity contribution in [3.8, 4) is 0 Å². The highest BCUT2D eigenvalue weighted by molar-refractivity contribution is 5.86. The Morgan fingerprint density at radius 3 is 2.78 bits per heavy atom. The molecule has 0 saturated heterocycles. The number of hydrogen-bond acceptors (Lipinski definition) is 5. The van der Waals surface area contributed by atoms with Crippen molar-refractivity contribution in [1.82, 2.24) is 24.3 Å². The summed E-state index contributed by atoms with van der Waals surface area (Å²) in [5, 5.41) is 16.2. The van der Waals surface area contributed by atoms with Crippen molar-refractivity contribution in [3.05, 3.63) is 44.8 Å². The first-order valence-electron chi connectivity index (χ1n) is 4.89. The zero-order valence-corrected chi connectivity index (χ0v) is 9.32. The van der Waals surface area contributed by atoms with Crippen LogP contribution in [0.5, 0.6) is 0 Å². The number of hydrogen-bond donors (Lipinski definition) is 2. The minimum absolute atomic E-state index is 0.0202. The lowest BCUT2D eigenvalue weighted by Crippen LogP contribution is -2.34. The Labute approximate surface area is 99.3 Å². The number of aryl methyl sites for hydroxylation is 1. The average molecular weight is 251 g/mol. The quantitative estimate of drug-likeness (QED) is 0.678. The number of rotatable bonds is 3. The van der Waals surface area contributed by atoms with E-state index in [1.54, 1.807) is 11.6 Å². The Kier molecular flexibility index (Phi) is 2.80. The molecule has 94 valence electrons. The maximum atomic E-state index is 11.5. The molecule has 2 rings (SSSR count). The lowest BCUT2D eigenvalue weighted by molar-refractivity contribution is 0.0693. The summed E-state index contributed by atoms with van der Waals surface area (Å²) in [5.41, 5.74) is -2.13. The van der Waals surface area contributed by atoms with Gasteiger partial charge in [-0.2, -0.15) is 0 Å². The lowest BCUT2D eigenvalue weighted by Gasteiger charge is -2.04. The van der Waals surface area contributed by atoms with E-state index in [2.05, 4.69) is 10.2 Å². The molecule has 0 aliphatic heterocycles. The molecule has 0 atom stereocenters. The number of aromatic nitrogens is 5. The fourth-order valence-corrected chi connectivity index (χ4v) is 1.38. The van der Waals surface area contributed by atoms with Crippen LogP contribution in [0.1, 0.15) is 16.2 Å². The molecular formula is C9H9N5O4. The normalized spacial score (nSPS) is 10.5. The second kappa shape index (κ2) is 4.28. The molecule has 2 aromatic heterocycles. The van der Waals surface area contributed by atoms with Crippen LogP contribution in [0.4, 0.5) is 0 Å². The van der Waals surface area contributed by atoms with E-state index in [1.807, 2.05) is 4.98 Å². The summed E-state index contributed by atoms with van der Waals surface area (Å²) < 4.78 is 2.63. The van der Waals surface area contributed by atoms with E-state index < -0.39 is 22.8 Å². The van der Waals surface area contributed by atoms with Gasteiger partial charge in [0, 0.05) is 13.2 Å². The third-order valence-electron chi connectivity index (χ3n) is 2.36. The van der Waals surface area contributed by atoms with Crippen molar-refractivity contribution in [2.24, 2.45) is 7.05 Å². The standard InChI is InChI=1S/C9H9N5O4/c1-13-4-10-12-6(13)3-14-2-5(8(16)17)7(15)11-9(14)18/h2,4H,3H2,1H3,(H,16,17)(H,11,15,18). The molecule has 0 aromatic carbocycles. The van der Waals surface area contributed by atoms with Crippen LogP contribution in [0.3, 0.4) is 0 Å². The molecule has 0 amide bonds. The first-order chi connectivity index (χ1) is 8.49. The van der Waals surface area contributed by atoms with Crippen LogP contribution in [0.2, 0.25) is 0 Å². The van der Waals surface area contributed by atoms with E-state index in [0.29, 0.717) is 5.82 Å². The highest BCUT2D eigenvalue weighted by Gasteiger charge is 2.12. The van der Waals surface area contributed by atoms with Gasteiger partial charge in [-0.05, 0) is 0 Å². The fourth-order valence-electron chi connectivity index (χ4n) is 1.38. The van der Waals surface area contributed by atoms with Gasteiger partial charge in [0.15, 0.2) is 5.82 Å². The molecule has 0 saturated carbocycles. The molecule has 0 fully saturated rings. The van der Waals surface area contributed by atoms with Gasteiger partial charge in [-0.25, -0.2) is 9.59 Å². The van der Waals surface area contributed by atoms with Crippen LogP contribution in [0, 0.1) is 0 Å². The summed E-state index contributed by atoms with van der Waals surface area (Å²) >= 11 is 0. The van der Waals surface area contributed by atoms with E-state index in [-0.39, 0.29) is 6.54 Å². The van der Waals surface area contributed by atoms with Crippen molar-refractivity contribution >= 4 is 5.97 Å². The van der Waals surface area contributed by atoms with Crippen LogP contribution in [-0.2, 0) is 13.6 Å². The Hall–Kier alpha value is -2.71. The minimum Gasteiger partial charge on any atom is -0.477 e. The van der Waals surface area contributed by atoms with Crippen LogP contribution in [0.15, 0.2) is 22.1 Å². The van der Waals surface area contributed by atoms with Crippen molar-refractivity contribution in [2.45, 2.75) is 6.54 Å². The highest BCUT2D eigenvalue weighted by atomic mass is 16.4. The maximum absolute atomic E-state index is 11.5. The maximum Gasteiger partial charge on any atom is 0.342 e. The third kappa shape index (κ3) is 2.05. The first kappa shape index (κ1) is 11.8. The molecule has 0 spiro atoms. The first-order valence-corrected chi connectivity index (χ1v) is 4.89. The Bertz CT molecular complexity index is 710. The molecule has 2 N–H and O–H groups in total. The number of nitrogens with zero attached hydrogens (tertiary/aromatic N) is 4. The topological polar surface area (TPSA) is 123 Å². The minimum atomic E-state index is -1.40. The molecule has 18 heavy (non-hydrogen) atoms. The van der Waals surface area contributed by atoms with Gasteiger partial charge in [0.1, 0.15) is 11.9 Å². The molecule has 2 heterocycles. The number of carboxylic acid groups (broad SMARTS) is 1. The van der Waals surface area contributed by atoms with E-state index in [9.17, 15) is 14.4 Å². The molecule has 2 aromatic rings. The average Bonchev–Trinajstić information content (AvgIpc) is 2.67. The van der Waals surface area contributed by atoms with Crippen molar-refractivity contribution in [2.75, 3.05) is 0 Å². The number of carboxylic acids is 1. The van der Waals surface area contributed by atoms with Crippen molar-refractivity contribution < 1.29 is 9.90 Å². The van der Waals surface area contributed by atoms with E-state index in [0.717, 1.165) is 10.8 Å². The second-order valence-corrected chi connectivity index (χ2v) is 3.59. The van der Waals surface area contributed by atoms with Crippen LogP contribution in [0.25, 0.3) is 0 Å². The van der Waals surface area contributed by atoms with E-state index in [4.69, 9.17) is 5.11 Å². The molecule has 9 nitrogen and oxygen atoms in total. The van der Waals surface area contributed by atoms with Gasteiger partial charge < -0.3 is 9.67 Å². The van der Waals surface area contributed by atoms with Crippen molar-refractivity contribution in [3.63, 3.8) is 0 Å². The Balaban J connectivity index is 2.49. The summed E-state index contributed by atoms with van der Waals surface area (Å²) in [4.78, 5) is 35.4. The molecule has 0 bridgehead atoms. The third-order valence-corrected chi connectivity index (χ3v) is 2.36. The molecule has 0 radical (unpaired) electrons. The SMILES string of the molecule is Cn1cnnc1Cn1cc(C(=O)O)c(=O)[nH]c1=O. The largest absolute Gasteiger partial charge is 0.477 e.